The Hall–Kier alpha value is -2.84. The molecular weight excluding hydrogens is 424 g/mol. The van der Waals surface area contributed by atoms with E-state index in [1.807, 2.05) is 32.0 Å². The molecule has 2 N–H and O–H groups in total. The Labute approximate surface area is 181 Å². The number of hydrogen-bond acceptors (Lipinski definition) is 4. The molecule has 7 nitrogen and oxygen atoms in total. The zero-order valence-electron chi connectivity index (χ0n) is 16.9. The highest BCUT2D eigenvalue weighted by Gasteiger charge is 2.20. The molecule has 1 heterocycles. The quantitative estimate of drug-likeness (QED) is 0.574. The first-order chi connectivity index (χ1) is 14.1. The average molecular weight is 447 g/mol. The topological polar surface area (TPSA) is 93.1 Å². The summed E-state index contributed by atoms with van der Waals surface area (Å²) in [6.07, 6.45) is 2.65. The Balaban J connectivity index is 1.79. The molecule has 0 aliphatic rings. The van der Waals surface area contributed by atoms with Crippen LogP contribution in [0.25, 0.3) is 5.69 Å². The van der Waals surface area contributed by atoms with Gasteiger partial charge < -0.3 is 5.32 Å². The zero-order chi connectivity index (χ0) is 21.9. The molecule has 0 radical (unpaired) electrons. The predicted molar refractivity (Wildman–Crippen MR) is 119 cm³/mol. The maximum Gasteiger partial charge on any atom is 0.255 e. The van der Waals surface area contributed by atoms with Crippen LogP contribution in [0.15, 0.2) is 54.7 Å². The molecule has 0 aliphatic heterocycles. The second-order valence-electron chi connectivity index (χ2n) is 7.24. The van der Waals surface area contributed by atoms with Crippen molar-refractivity contribution in [3.05, 3.63) is 76.6 Å². The molecule has 0 saturated carbocycles. The molecule has 3 rings (SSSR count). The number of anilines is 1. The molecule has 1 aromatic heterocycles. The van der Waals surface area contributed by atoms with Gasteiger partial charge in [-0.15, -0.1) is 0 Å². The van der Waals surface area contributed by atoms with Crippen molar-refractivity contribution in [3.63, 3.8) is 0 Å². The standard InChI is InChI=1S/C21H23ClN4O3S/c1-14(2)20-19(13-24-26(20)18-9-7-16(22)8-10-18)21(27)23-12-15-5-4-6-17(11-15)25-30(3,28)29/h4-11,13-14,25H,12H2,1-3H3,(H,23,27). The molecule has 3 aromatic rings. The predicted octanol–water partition coefficient (Wildman–Crippen LogP) is 3.95. The minimum absolute atomic E-state index is 0.0613. The van der Waals surface area contributed by atoms with Crippen LogP contribution in [-0.2, 0) is 16.6 Å². The summed E-state index contributed by atoms with van der Waals surface area (Å²) in [6, 6.07) is 14.1. The molecule has 0 bridgehead atoms. The van der Waals surface area contributed by atoms with Gasteiger partial charge in [-0.3, -0.25) is 9.52 Å². The van der Waals surface area contributed by atoms with Crippen molar-refractivity contribution in [2.75, 3.05) is 11.0 Å². The first kappa shape index (κ1) is 21.9. The third-order valence-electron chi connectivity index (χ3n) is 4.35. The van der Waals surface area contributed by atoms with Crippen molar-refractivity contribution in [3.8, 4) is 5.69 Å². The van der Waals surface area contributed by atoms with Crippen molar-refractivity contribution >= 4 is 33.2 Å². The number of hydrogen-bond donors (Lipinski definition) is 2. The Bertz CT molecular complexity index is 1160. The maximum atomic E-state index is 12.9. The van der Waals surface area contributed by atoms with Gasteiger partial charge in [-0.1, -0.05) is 37.6 Å². The highest BCUT2D eigenvalue weighted by atomic mass is 35.5. The van der Waals surface area contributed by atoms with Crippen LogP contribution in [0, 0.1) is 0 Å². The van der Waals surface area contributed by atoms with Crippen LogP contribution < -0.4 is 10.0 Å². The monoisotopic (exact) mass is 446 g/mol. The SMILES string of the molecule is CC(C)c1c(C(=O)NCc2cccc(NS(C)(=O)=O)c2)cnn1-c1ccc(Cl)cc1. The number of aromatic nitrogens is 2. The molecule has 0 unspecified atom stereocenters. The summed E-state index contributed by atoms with van der Waals surface area (Å²) < 4.78 is 27.0. The minimum Gasteiger partial charge on any atom is -0.348 e. The third-order valence-corrected chi connectivity index (χ3v) is 5.21. The first-order valence-electron chi connectivity index (χ1n) is 9.33. The lowest BCUT2D eigenvalue weighted by Crippen LogP contribution is -2.24. The van der Waals surface area contributed by atoms with E-state index in [1.54, 1.807) is 41.2 Å². The normalized spacial score (nSPS) is 11.5. The fourth-order valence-electron chi connectivity index (χ4n) is 3.11. The largest absolute Gasteiger partial charge is 0.348 e. The second-order valence-corrected chi connectivity index (χ2v) is 9.43. The lowest BCUT2D eigenvalue weighted by molar-refractivity contribution is 0.0949. The van der Waals surface area contributed by atoms with Gasteiger partial charge in [-0.05, 0) is 47.9 Å². The fourth-order valence-corrected chi connectivity index (χ4v) is 3.79. The van der Waals surface area contributed by atoms with Gasteiger partial charge in [0.2, 0.25) is 10.0 Å². The molecule has 1 amide bonds. The van der Waals surface area contributed by atoms with Crippen LogP contribution in [0.2, 0.25) is 5.02 Å². The Kier molecular flexibility index (Phi) is 6.48. The van der Waals surface area contributed by atoms with Crippen LogP contribution in [0.3, 0.4) is 0 Å². The van der Waals surface area contributed by atoms with E-state index in [2.05, 4.69) is 15.1 Å². The van der Waals surface area contributed by atoms with E-state index in [1.165, 1.54) is 0 Å². The zero-order valence-corrected chi connectivity index (χ0v) is 18.5. The highest BCUT2D eigenvalue weighted by Crippen LogP contribution is 2.24. The average Bonchev–Trinajstić information content (AvgIpc) is 3.11. The number of carbonyl (C=O) groups excluding carboxylic acids is 1. The van der Waals surface area contributed by atoms with E-state index in [9.17, 15) is 13.2 Å². The summed E-state index contributed by atoms with van der Waals surface area (Å²) in [5.74, 6) is -0.188. The van der Waals surface area contributed by atoms with Crippen molar-refractivity contribution < 1.29 is 13.2 Å². The number of nitrogens with zero attached hydrogens (tertiary/aromatic N) is 2. The van der Waals surface area contributed by atoms with Crippen molar-refractivity contribution in [1.29, 1.82) is 0 Å². The summed E-state index contributed by atoms with van der Waals surface area (Å²) in [7, 11) is -3.37. The van der Waals surface area contributed by atoms with Gasteiger partial charge in [-0.25, -0.2) is 13.1 Å². The Morgan fingerprint density at radius 1 is 1.17 bits per heavy atom. The molecule has 0 aliphatic carbocycles. The van der Waals surface area contributed by atoms with E-state index in [-0.39, 0.29) is 18.4 Å². The number of sulfonamides is 1. The summed E-state index contributed by atoms with van der Waals surface area (Å²) in [5, 5.41) is 7.92. The third kappa shape index (κ3) is 5.40. The summed E-state index contributed by atoms with van der Waals surface area (Å²) in [4.78, 5) is 12.9. The number of rotatable bonds is 7. The minimum atomic E-state index is -3.37. The molecule has 2 aromatic carbocycles. The molecular formula is C21H23ClN4O3S. The maximum absolute atomic E-state index is 12.9. The molecule has 30 heavy (non-hydrogen) atoms. The van der Waals surface area contributed by atoms with Crippen LogP contribution in [0.5, 0.6) is 0 Å². The van der Waals surface area contributed by atoms with E-state index >= 15 is 0 Å². The van der Waals surface area contributed by atoms with E-state index in [0.717, 1.165) is 23.2 Å². The van der Waals surface area contributed by atoms with Crippen LogP contribution in [0.1, 0.15) is 41.4 Å². The molecule has 0 fully saturated rings. The summed E-state index contributed by atoms with van der Waals surface area (Å²) in [6.45, 7) is 4.25. The molecule has 0 spiro atoms. The lowest BCUT2D eigenvalue weighted by atomic mass is 10.0. The number of amides is 1. The van der Waals surface area contributed by atoms with Crippen molar-refractivity contribution in [1.82, 2.24) is 15.1 Å². The van der Waals surface area contributed by atoms with Crippen LogP contribution in [0.4, 0.5) is 5.69 Å². The van der Waals surface area contributed by atoms with E-state index in [4.69, 9.17) is 11.6 Å². The van der Waals surface area contributed by atoms with E-state index in [0.29, 0.717) is 16.3 Å². The Morgan fingerprint density at radius 3 is 2.50 bits per heavy atom. The van der Waals surface area contributed by atoms with Gasteiger partial charge >= 0.3 is 0 Å². The van der Waals surface area contributed by atoms with Gasteiger partial charge in [0.05, 0.1) is 29.4 Å². The first-order valence-corrected chi connectivity index (χ1v) is 11.6. The molecule has 0 atom stereocenters. The van der Waals surface area contributed by atoms with Gasteiger partial charge in [0, 0.05) is 17.3 Å². The number of benzene rings is 2. The van der Waals surface area contributed by atoms with Gasteiger partial charge in [0.25, 0.3) is 5.91 Å². The summed E-state index contributed by atoms with van der Waals surface area (Å²) in [5.41, 5.74) is 3.32. The van der Waals surface area contributed by atoms with Crippen molar-refractivity contribution in [2.24, 2.45) is 0 Å². The van der Waals surface area contributed by atoms with Crippen LogP contribution >= 0.6 is 11.6 Å². The lowest BCUT2D eigenvalue weighted by Gasteiger charge is -2.13. The molecule has 9 heteroatoms. The van der Waals surface area contributed by atoms with Crippen LogP contribution in [-0.4, -0.2) is 30.4 Å². The number of carbonyl (C=O) groups is 1. The second kappa shape index (κ2) is 8.89. The van der Waals surface area contributed by atoms with E-state index < -0.39 is 10.0 Å². The fraction of sp³-hybridized carbons (Fsp3) is 0.238. The van der Waals surface area contributed by atoms with Gasteiger partial charge in [0.15, 0.2) is 0 Å². The van der Waals surface area contributed by atoms with Gasteiger partial charge in [-0.2, -0.15) is 5.10 Å². The number of halogens is 1. The highest BCUT2D eigenvalue weighted by molar-refractivity contribution is 7.92. The summed E-state index contributed by atoms with van der Waals surface area (Å²) >= 11 is 5.97. The Morgan fingerprint density at radius 2 is 1.87 bits per heavy atom. The number of nitrogens with one attached hydrogen (secondary N) is 2. The smallest absolute Gasteiger partial charge is 0.255 e. The molecule has 0 saturated heterocycles. The van der Waals surface area contributed by atoms with Crippen molar-refractivity contribution in [2.45, 2.75) is 26.3 Å². The van der Waals surface area contributed by atoms with Gasteiger partial charge in [0.1, 0.15) is 0 Å². The molecule has 158 valence electrons.